The third-order valence-corrected chi connectivity index (χ3v) is 3.72. The molecule has 0 fully saturated rings. The molecule has 0 saturated carbocycles. The third kappa shape index (κ3) is 4.78. The molecule has 7 nitrogen and oxygen atoms in total. The Morgan fingerprint density at radius 1 is 1.17 bits per heavy atom. The lowest BCUT2D eigenvalue weighted by atomic mass is 10.2. The molecule has 1 amide bonds. The lowest BCUT2D eigenvalue weighted by molar-refractivity contribution is -0.131. The van der Waals surface area contributed by atoms with Gasteiger partial charge in [-0.2, -0.15) is 4.80 Å². The predicted molar refractivity (Wildman–Crippen MR) is 91.6 cm³/mol. The number of aromatic nitrogens is 4. The molecule has 0 atom stereocenters. The van der Waals surface area contributed by atoms with E-state index in [0.717, 1.165) is 30.8 Å². The van der Waals surface area contributed by atoms with Gasteiger partial charge < -0.3 is 9.64 Å². The number of carbonyl (C=O) groups is 1. The van der Waals surface area contributed by atoms with Crippen LogP contribution in [0.5, 0.6) is 5.75 Å². The van der Waals surface area contributed by atoms with Crippen molar-refractivity contribution >= 4 is 5.91 Å². The van der Waals surface area contributed by atoms with Crippen molar-refractivity contribution < 1.29 is 9.53 Å². The van der Waals surface area contributed by atoms with E-state index in [-0.39, 0.29) is 12.5 Å². The first-order valence-electron chi connectivity index (χ1n) is 8.46. The van der Waals surface area contributed by atoms with Crippen molar-refractivity contribution in [2.45, 2.75) is 40.2 Å². The lowest BCUT2D eigenvalue weighted by Gasteiger charge is -2.17. The minimum absolute atomic E-state index is 0.0105. The number of amides is 1. The Balaban J connectivity index is 1.98. The highest BCUT2D eigenvalue weighted by atomic mass is 16.5. The van der Waals surface area contributed by atoms with Gasteiger partial charge in [0.2, 0.25) is 11.7 Å². The molecule has 24 heavy (non-hydrogen) atoms. The van der Waals surface area contributed by atoms with Gasteiger partial charge in [-0.3, -0.25) is 4.79 Å². The van der Waals surface area contributed by atoms with E-state index in [9.17, 15) is 4.79 Å². The minimum Gasteiger partial charge on any atom is -0.494 e. The summed E-state index contributed by atoms with van der Waals surface area (Å²) in [4.78, 5) is 15.1. The summed E-state index contributed by atoms with van der Waals surface area (Å²) in [5.41, 5.74) is 0.847. The summed E-state index contributed by atoms with van der Waals surface area (Å²) in [6.07, 6.45) is 2.15. The highest BCUT2D eigenvalue weighted by Crippen LogP contribution is 2.18. The summed E-state index contributed by atoms with van der Waals surface area (Å²) < 4.78 is 5.63. The first-order valence-corrected chi connectivity index (χ1v) is 8.46. The maximum Gasteiger partial charge on any atom is 0.246 e. The van der Waals surface area contributed by atoms with Gasteiger partial charge in [-0.25, -0.2) is 0 Å². The Morgan fingerprint density at radius 3 is 2.50 bits per heavy atom. The van der Waals surface area contributed by atoms with Gasteiger partial charge in [0, 0.05) is 18.7 Å². The standard InChI is InChI=1S/C17H25N5O2/c1-4-7-12-24-15-10-8-14(9-11-15)17-18-20-22(19-17)13-16(23)21(5-2)6-3/h8-11H,4-7,12-13H2,1-3H3. The Hall–Kier alpha value is -2.44. The molecule has 1 aromatic carbocycles. The monoisotopic (exact) mass is 331 g/mol. The van der Waals surface area contributed by atoms with Gasteiger partial charge in [-0.1, -0.05) is 13.3 Å². The fraction of sp³-hybridized carbons (Fsp3) is 0.529. The van der Waals surface area contributed by atoms with Gasteiger partial charge in [-0.05, 0) is 49.7 Å². The van der Waals surface area contributed by atoms with E-state index in [1.165, 1.54) is 4.80 Å². The van der Waals surface area contributed by atoms with E-state index in [1.54, 1.807) is 4.90 Å². The summed E-state index contributed by atoms with van der Waals surface area (Å²) >= 11 is 0. The maximum atomic E-state index is 12.1. The van der Waals surface area contributed by atoms with Crippen LogP contribution in [0, 0.1) is 0 Å². The van der Waals surface area contributed by atoms with Crippen LogP contribution in [0.1, 0.15) is 33.6 Å². The van der Waals surface area contributed by atoms with Crippen LogP contribution in [-0.4, -0.2) is 50.7 Å². The highest BCUT2D eigenvalue weighted by Gasteiger charge is 2.13. The smallest absolute Gasteiger partial charge is 0.246 e. The van der Waals surface area contributed by atoms with Crippen LogP contribution in [-0.2, 0) is 11.3 Å². The molecule has 0 aliphatic rings. The molecule has 1 aromatic heterocycles. The predicted octanol–water partition coefficient (Wildman–Crippen LogP) is 2.39. The third-order valence-electron chi connectivity index (χ3n) is 3.72. The summed E-state index contributed by atoms with van der Waals surface area (Å²) in [5.74, 6) is 1.32. The zero-order valence-corrected chi connectivity index (χ0v) is 14.6. The van der Waals surface area contributed by atoms with Crippen LogP contribution in [0.2, 0.25) is 0 Å². The summed E-state index contributed by atoms with van der Waals surface area (Å²) in [6, 6.07) is 7.59. The van der Waals surface area contributed by atoms with Crippen LogP contribution >= 0.6 is 0 Å². The van der Waals surface area contributed by atoms with Crippen LogP contribution in [0.15, 0.2) is 24.3 Å². The number of unbranched alkanes of at least 4 members (excludes halogenated alkanes) is 1. The van der Waals surface area contributed by atoms with Gasteiger partial charge in [0.15, 0.2) is 0 Å². The van der Waals surface area contributed by atoms with Gasteiger partial charge in [0.1, 0.15) is 12.3 Å². The number of rotatable bonds is 9. The Morgan fingerprint density at radius 2 is 1.88 bits per heavy atom. The second-order valence-electron chi connectivity index (χ2n) is 5.44. The molecule has 0 unspecified atom stereocenters. The first-order chi connectivity index (χ1) is 11.7. The summed E-state index contributed by atoms with van der Waals surface area (Å²) in [7, 11) is 0. The molecule has 0 aliphatic carbocycles. The average molecular weight is 331 g/mol. The number of benzene rings is 1. The fourth-order valence-corrected chi connectivity index (χ4v) is 2.26. The quantitative estimate of drug-likeness (QED) is 0.660. The Kier molecular flexibility index (Phi) is 6.72. The second-order valence-corrected chi connectivity index (χ2v) is 5.44. The van der Waals surface area contributed by atoms with Crippen LogP contribution < -0.4 is 4.74 Å². The van der Waals surface area contributed by atoms with E-state index < -0.39 is 0 Å². The van der Waals surface area contributed by atoms with Gasteiger partial charge in [0.25, 0.3) is 0 Å². The van der Waals surface area contributed by atoms with Crippen LogP contribution in [0.4, 0.5) is 0 Å². The second kappa shape index (κ2) is 9.00. The van der Waals surface area contributed by atoms with Gasteiger partial charge in [-0.15, -0.1) is 10.2 Å². The first kappa shape index (κ1) is 17.9. The molecule has 1 heterocycles. The molecule has 0 spiro atoms. The molecule has 130 valence electrons. The Bertz CT molecular complexity index is 635. The number of tetrazole rings is 1. The van der Waals surface area contributed by atoms with Crippen LogP contribution in [0.3, 0.4) is 0 Å². The topological polar surface area (TPSA) is 73.1 Å². The summed E-state index contributed by atoms with van der Waals surface area (Å²) in [5, 5.41) is 12.3. The number of likely N-dealkylation sites (N-methyl/N-ethyl adjacent to an activating group) is 1. The highest BCUT2D eigenvalue weighted by molar-refractivity contribution is 5.75. The van der Waals surface area contributed by atoms with E-state index in [2.05, 4.69) is 22.3 Å². The fourth-order valence-electron chi connectivity index (χ4n) is 2.26. The maximum absolute atomic E-state index is 12.1. The lowest BCUT2D eigenvalue weighted by Crippen LogP contribution is -2.34. The number of carbonyl (C=O) groups excluding carboxylic acids is 1. The SMILES string of the molecule is CCCCOc1ccc(-c2nnn(CC(=O)N(CC)CC)n2)cc1. The number of ether oxygens (including phenoxy) is 1. The van der Waals surface area contributed by atoms with Crippen molar-refractivity contribution in [2.75, 3.05) is 19.7 Å². The van der Waals surface area contributed by atoms with E-state index in [4.69, 9.17) is 4.74 Å². The van der Waals surface area contributed by atoms with Crippen molar-refractivity contribution in [1.29, 1.82) is 0 Å². The Labute approximate surface area is 142 Å². The van der Waals surface area contributed by atoms with Crippen LogP contribution in [0.25, 0.3) is 11.4 Å². The van der Waals surface area contributed by atoms with Gasteiger partial charge in [0.05, 0.1) is 6.61 Å². The molecule has 0 saturated heterocycles. The number of nitrogens with zero attached hydrogens (tertiary/aromatic N) is 5. The minimum atomic E-state index is -0.0105. The molecule has 0 radical (unpaired) electrons. The van der Waals surface area contributed by atoms with E-state index in [0.29, 0.717) is 18.9 Å². The largest absolute Gasteiger partial charge is 0.494 e. The van der Waals surface area contributed by atoms with Crippen molar-refractivity contribution in [3.63, 3.8) is 0 Å². The van der Waals surface area contributed by atoms with E-state index in [1.807, 2.05) is 38.1 Å². The van der Waals surface area contributed by atoms with Gasteiger partial charge >= 0.3 is 0 Å². The number of hydrogen-bond acceptors (Lipinski definition) is 5. The average Bonchev–Trinajstić information content (AvgIpc) is 3.05. The molecule has 2 aromatic rings. The zero-order chi connectivity index (χ0) is 17.4. The molecule has 0 N–H and O–H groups in total. The summed E-state index contributed by atoms with van der Waals surface area (Å²) in [6.45, 7) is 8.21. The van der Waals surface area contributed by atoms with Crippen molar-refractivity contribution in [3.05, 3.63) is 24.3 Å². The van der Waals surface area contributed by atoms with E-state index >= 15 is 0 Å². The molecule has 2 rings (SSSR count). The normalized spacial score (nSPS) is 10.6. The van der Waals surface area contributed by atoms with Crippen molar-refractivity contribution in [2.24, 2.45) is 0 Å². The molecular weight excluding hydrogens is 306 g/mol. The molecule has 0 aliphatic heterocycles. The molecule has 0 bridgehead atoms. The molecule has 7 heteroatoms. The van der Waals surface area contributed by atoms with Crippen molar-refractivity contribution in [3.8, 4) is 17.1 Å². The zero-order valence-electron chi connectivity index (χ0n) is 14.6. The molecular formula is C17H25N5O2. The number of hydrogen-bond donors (Lipinski definition) is 0. The van der Waals surface area contributed by atoms with Crippen molar-refractivity contribution in [1.82, 2.24) is 25.1 Å².